The number of fused-ring (bicyclic) bond motifs is 6. The molecule has 3 saturated carbocycles. The summed E-state index contributed by atoms with van der Waals surface area (Å²) in [7, 11) is 0. The van der Waals surface area contributed by atoms with Crippen LogP contribution in [0.5, 0.6) is 0 Å². The van der Waals surface area contributed by atoms with Gasteiger partial charge in [0, 0.05) is 47.5 Å². The molecule has 0 unspecified atom stereocenters. The van der Waals surface area contributed by atoms with Crippen molar-refractivity contribution in [2.45, 2.75) is 82.8 Å². The Balaban J connectivity index is 0.850. The second-order valence-electron chi connectivity index (χ2n) is 18.1. The van der Waals surface area contributed by atoms with Crippen molar-refractivity contribution in [3.05, 3.63) is 137 Å². The number of Topliss-reactive ketones (excluding diaryl/α,β-unsaturated/α-hetero) is 2. The van der Waals surface area contributed by atoms with E-state index in [2.05, 4.69) is 4.98 Å². The van der Waals surface area contributed by atoms with E-state index < -0.39 is 76.2 Å². The standard InChI is InChI=1S/C50H51FN2O9/c1-29-20-41-40-15-14-37-23-38(54)16-18-47(37,2)49(40,51)43(56)24-48(41,3)50(29,60)44(57)28-62-46(59)34-12-10-33(11-13-34)45(58)61-27-30-4-7-32(8-5-30)39(25-52)42(55)22-31-6-9-36-26-53-19-17-35(36)21-31/h4-13,16-19,21,23,26,29,39-41,43,56,60H,14-15,20,22,24-25,27-28,52H2,1-3H3/t29-,39-,40+,41+,43+,47+,48+,49+,50+/m1/s1. The number of aliphatic hydroxyl groups is 2. The number of nitrogens with zero attached hydrogens (tertiary/aromatic N) is 1. The van der Waals surface area contributed by atoms with Crippen LogP contribution >= 0.6 is 0 Å². The first-order chi connectivity index (χ1) is 29.5. The number of ether oxygens (including phenoxy) is 2. The number of carbonyl (C=O) groups excluding carboxylic acids is 5. The predicted molar refractivity (Wildman–Crippen MR) is 227 cm³/mol. The van der Waals surface area contributed by atoms with E-state index in [1.165, 1.54) is 36.4 Å². The lowest BCUT2D eigenvalue weighted by Gasteiger charge is -2.62. The van der Waals surface area contributed by atoms with Gasteiger partial charge in [-0.2, -0.15) is 0 Å². The molecule has 1 heterocycles. The molecule has 8 rings (SSSR count). The maximum absolute atomic E-state index is 17.5. The van der Waals surface area contributed by atoms with E-state index in [-0.39, 0.29) is 48.7 Å². The number of nitrogens with two attached hydrogens (primary N) is 1. The fraction of sp³-hybridized carbons (Fsp3) is 0.400. The Kier molecular flexibility index (Phi) is 11.2. The number of allylic oxidation sites excluding steroid dienone is 4. The van der Waals surface area contributed by atoms with E-state index in [9.17, 15) is 34.2 Å². The number of benzene rings is 3. The third kappa shape index (κ3) is 7.02. The average molecular weight is 843 g/mol. The van der Waals surface area contributed by atoms with Crippen LogP contribution in [-0.4, -0.2) is 75.0 Å². The van der Waals surface area contributed by atoms with Crippen molar-refractivity contribution < 1.29 is 48.0 Å². The highest BCUT2D eigenvalue weighted by molar-refractivity contribution is 6.01. The second kappa shape index (κ2) is 16.2. The molecular weight excluding hydrogens is 792 g/mol. The molecule has 4 N–H and O–H groups in total. The Morgan fingerprint density at radius 3 is 2.29 bits per heavy atom. The van der Waals surface area contributed by atoms with Crippen LogP contribution in [0.3, 0.4) is 0 Å². The van der Waals surface area contributed by atoms with E-state index in [0.29, 0.717) is 30.4 Å². The van der Waals surface area contributed by atoms with Crippen LogP contribution in [0, 0.1) is 28.6 Å². The predicted octanol–water partition coefficient (Wildman–Crippen LogP) is 6.52. The minimum absolute atomic E-state index is 0.00768. The number of alkyl halides is 1. The lowest BCUT2D eigenvalue weighted by atomic mass is 9.44. The van der Waals surface area contributed by atoms with Crippen LogP contribution in [0.25, 0.3) is 10.8 Å². The molecule has 1 aromatic heterocycles. The fourth-order valence-corrected chi connectivity index (χ4v) is 11.3. The summed E-state index contributed by atoms with van der Waals surface area (Å²) in [4.78, 5) is 69.6. The van der Waals surface area contributed by atoms with E-state index in [1.807, 2.05) is 24.3 Å². The molecule has 0 amide bonds. The lowest BCUT2D eigenvalue weighted by Crippen LogP contribution is -2.69. The van der Waals surface area contributed by atoms with Gasteiger partial charge < -0.3 is 25.4 Å². The topological polar surface area (TPSA) is 183 Å². The van der Waals surface area contributed by atoms with Crippen molar-refractivity contribution >= 4 is 40.1 Å². The molecule has 0 spiro atoms. The molecule has 4 aliphatic carbocycles. The number of rotatable bonds is 12. The van der Waals surface area contributed by atoms with Crippen LogP contribution in [0.15, 0.2) is 109 Å². The molecule has 3 fully saturated rings. The minimum Gasteiger partial charge on any atom is -0.457 e. The van der Waals surface area contributed by atoms with Gasteiger partial charge in [-0.3, -0.25) is 19.4 Å². The van der Waals surface area contributed by atoms with Crippen molar-refractivity contribution in [1.29, 1.82) is 0 Å². The zero-order chi connectivity index (χ0) is 44.2. The molecule has 4 aliphatic rings. The number of aliphatic hydroxyl groups excluding tert-OH is 1. The van der Waals surface area contributed by atoms with Gasteiger partial charge in [0.05, 0.1) is 23.1 Å². The number of halogens is 1. The highest BCUT2D eigenvalue weighted by Crippen LogP contribution is 2.70. The Morgan fingerprint density at radius 1 is 0.919 bits per heavy atom. The third-order valence-electron chi connectivity index (χ3n) is 14.8. The molecule has 9 atom stereocenters. The zero-order valence-electron chi connectivity index (χ0n) is 35.0. The van der Waals surface area contributed by atoms with E-state index >= 15 is 4.39 Å². The first-order valence-electron chi connectivity index (χ1n) is 21.2. The van der Waals surface area contributed by atoms with Gasteiger partial charge in [-0.15, -0.1) is 0 Å². The highest BCUT2D eigenvalue weighted by Gasteiger charge is 2.75. The Labute approximate surface area is 359 Å². The fourth-order valence-electron chi connectivity index (χ4n) is 11.3. The van der Waals surface area contributed by atoms with E-state index in [0.717, 1.165) is 21.9 Å². The van der Waals surface area contributed by atoms with Gasteiger partial charge in [0.1, 0.15) is 18.0 Å². The summed E-state index contributed by atoms with van der Waals surface area (Å²) in [6, 6.07) is 20.5. The van der Waals surface area contributed by atoms with Crippen LogP contribution in [-0.2, 0) is 36.9 Å². The number of ketones is 3. The van der Waals surface area contributed by atoms with E-state index in [1.54, 1.807) is 63.5 Å². The van der Waals surface area contributed by atoms with Crippen LogP contribution in [0.1, 0.15) is 89.8 Å². The summed E-state index contributed by atoms with van der Waals surface area (Å²) < 4.78 is 28.4. The first-order valence-corrected chi connectivity index (χ1v) is 21.2. The maximum atomic E-state index is 17.5. The SMILES string of the molecule is C[C@@H]1C[C@H]2[C@@H]3CCC4=CC(=O)C=C[C@]4(C)[C@@]3(F)[C@@H](O)C[C@]2(C)[C@@]1(O)C(=O)COC(=O)c1ccc(C(=O)OCc2ccc([C@@H](CN)C(=O)Cc3ccc4cnccc4c3)cc2)cc1. The molecule has 62 heavy (non-hydrogen) atoms. The molecule has 11 nitrogen and oxygen atoms in total. The van der Waals surface area contributed by atoms with Gasteiger partial charge >= 0.3 is 11.9 Å². The molecule has 322 valence electrons. The van der Waals surface area contributed by atoms with Gasteiger partial charge in [-0.25, -0.2) is 14.0 Å². The van der Waals surface area contributed by atoms with E-state index in [4.69, 9.17) is 15.2 Å². The molecule has 3 aromatic carbocycles. The summed E-state index contributed by atoms with van der Waals surface area (Å²) in [6.07, 6.45) is 7.50. The second-order valence-corrected chi connectivity index (χ2v) is 18.1. The normalized spacial score (nSPS) is 30.4. The summed E-state index contributed by atoms with van der Waals surface area (Å²) in [5.41, 5.74) is 2.73. The smallest absolute Gasteiger partial charge is 0.338 e. The van der Waals surface area contributed by atoms with Crippen molar-refractivity contribution in [2.75, 3.05) is 13.2 Å². The van der Waals surface area contributed by atoms with Gasteiger partial charge in [0.25, 0.3) is 0 Å². The van der Waals surface area contributed by atoms with Crippen molar-refractivity contribution in [2.24, 2.45) is 34.3 Å². The largest absolute Gasteiger partial charge is 0.457 e. The zero-order valence-corrected chi connectivity index (χ0v) is 35.0. The number of esters is 2. The quantitative estimate of drug-likeness (QED) is 0.132. The summed E-state index contributed by atoms with van der Waals surface area (Å²) >= 11 is 0. The molecule has 0 saturated heterocycles. The van der Waals surface area contributed by atoms with Gasteiger partial charge in [0.2, 0.25) is 5.78 Å². The average Bonchev–Trinajstić information content (AvgIpc) is 3.47. The first kappa shape index (κ1) is 43.0. The number of pyridine rings is 1. The van der Waals surface area contributed by atoms with Gasteiger partial charge in [-0.1, -0.05) is 68.0 Å². The number of aromatic nitrogens is 1. The molecule has 12 heteroatoms. The maximum Gasteiger partial charge on any atom is 0.338 e. The van der Waals surface area contributed by atoms with Crippen LogP contribution in [0.4, 0.5) is 4.39 Å². The van der Waals surface area contributed by atoms with Gasteiger partial charge in [0.15, 0.2) is 18.1 Å². The summed E-state index contributed by atoms with van der Waals surface area (Å²) in [5, 5.41) is 25.9. The Morgan fingerprint density at radius 2 is 1.60 bits per heavy atom. The molecule has 4 aromatic rings. The summed E-state index contributed by atoms with van der Waals surface area (Å²) in [6.45, 7) is 4.51. The molecule has 0 aliphatic heterocycles. The van der Waals surface area contributed by atoms with Crippen LogP contribution in [0.2, 0.25) is 0 Å². The Hall–Kier alpha value is -5.69. The lowest BCUT2D eigenvalue weighted by molar-refractivity contribution is -0.219. The van der Waals surface area contributed by atoms with Crippen molar-refractivity contribution in [1.82, 2.24) is 4.98 Å². The molecule has 0 bridgehead atoms. The van der Waals surface area contributed by atoms with Crippen molar-refractivity contribution in [3.8, 4) is 0 Å². The van der Waals surface area contributed by atoms with Crippen molar-refractivity contribution in [3.63, 3.8) is 0 Å². The van der Waals surface area contributed by atoms with Gasteiger partial charge in [-0.05, 0) is 109 Å². The number of carbonyl (C=O) groups is 5. The summed E-state index contributed by atoms with van der Waals surface area (Å²) in [5.74, 6) is -4.71. The monoisotopic (exact) mass is 842 g/mol. The molecule has 0 radical (unpaired) electrons. The third-order valence-corrected chi connectivity index (χ3v) is 14.8. The molecular formula is C50H51FN2O9. The minimum atomic E-state index is -2.11. The Bertz CT molecular complexity index is 2520. The highest BCUT2D eigenvalue weighted by atomic mass is 19.1. The number of hydrogen-bond donors (Lipinski definition) is 3. The van der Waals surface area contributed by atoms with Crippen LogP contribution < -0.4 is 5.73 Å². The number of hydrogen-bond acceptors (Lipinski definition) is 11.